The lowest BCUT2D eigenvalue weighted by molar-refractivity contribution is -0.125. The summed E-state index contributed by atoms with van der Waals surface area (Å²) in [5.41, 5.74) is 0.189. The molecule has 1 N–H and O–H groups in total. The third-order valence-electron chi connectivity index (χ3n) is 5.55. The highest BCUT2D eigenvalue weighted by atomic mass is 16.6. The molecule has 1 heterocycles. The highest BCUT2D eigenvalue weighted by Gasteiger charge is 2.61. The molecule has 2 fully saturated rings. The van der Waals surface area contributed by atoms with Gasteiger partial charge in [-0.05, 0) is 64.5 Å². The molecule has 3 atom stereocenters. The number of likely N-dealkylation sites (tertiary alicyclic amines) is 1. The minimum atomic E-state index is -0.499. The Morgan fingerprint density at radius 1 is 1.10 bits per heavy atom. The Hall–Kier alpha value is -2.24. The molecule has 0 unspecified atom stereocenters. The second kappa shape index (κ2) is 7.88. The van der Waals surface area contributed by atoms with Crippen molar-refractivity contribution in [2.45, 2.75) is 59.1 Å². The number of aryl methyl sites for hydroxylation is 1. The number of piperidine rings is 1. The van der Waals surface area contributed by atoms with E-state index in [9.17, 15) is 9.59 Å². The van der Waals surface area contributed by atoms with Crippen LogP contribution in [0.4, 0.5) is 4.79 Å². The number of hydrogen-bond donors (Lipinski definition) is 1. The topological polar surface area (TPSA) is 67.9 Å². The van der Waals surface area contributed by atoms with Crippen LogP contribution in [0.1, 0.15) is 47.1 Å². The number of rotatable bonds is 6. The first-order valence-electron chi connectivity index (χ1n) is 10.5. The predicted molar refractivity (Wildman–Crippen MR) is 112 cm³/mol. The molecule has 0 radical (unpaired) electrons. The number of ether oxygens (including phenoxy) is 2. The van der Waals surface area contributed by atoms with Crippen LogP contribution in [0.2, 0.25) is 0 Å². The molecule has 1 saturated heterocycles. The molecule has 1 aromatic carbocycles. The Morgan fingerprint density at radius 2 is 1.72 bits per heavy atom. The van der Waals surface area contributed by atoms with Crippen LogP contribution < -0.4 is 10.1 Å². The number of nitrogens with zero attached hydrogens (tertiary/aromatic N) is 1. The summed E-state index contributed by atoms with van der Waals surface area (Å²) in [6.07, 6.45) is 0.620. The zero-order valence-electron chi connectivity index (χ0n) is 18.5. The maximum atomic E-state index is 12.8. The van der Waals surface area contributed by atoms with E-state index in [0.29, 0.717) is 19.7 Å². The van der Waals surface area contributed by atoms with Crippen molar-refractivity contribution in [1.29, 1.82) is 0 Å². The predicted octanol–water partition coefficient (Wildman–Crippen LogP) is 3.64. The zero-order chi connectivity index (χ0) is 21.4. The highest BCUT2D eigenvalue weighted by molar-refractivity contribution is 5.84. The van der Waals surface area contributed by atoms with Crippen LogP contribution in [-0.4, -0.2) is 47.7 Å². The molecule has 1 aromatic rings. The lowest BCUT2D eigenvalue weighted by Gasteiger charge is -2.28. The van der Waals surface area contributed by atoms with Crippen LogP contribution in [0.5, 0.6) is 5.75 Å². The Morgan fingerprint density at radius 3 is 2.31 bits per heavy atom. The van der Waals surface area contributed by atoms with Crippen molar-refractivity contribution in [3.05, 3.63) is 29.8 Å². The van der Waals surface area contributed by atoms with Crippen LogP contribution in [-0.2, 0) is 16.0 Å². The van der Waals surface area contributed by atoms with Crippen molar-refractivity contribution in [3.8, 4) is 5.75 Å². The number of fused-ring (bicyclic) bond motifs is 1. The third kappa shape index (κ3) is 5.22. The summed E-state index contributed by atoms with van der Waals surface area (Å²) in [6.45, 7) is 13.2. The van der Waals surface area contributed by atoms with E-state index >= 15 is 0 Å². The molecule has 6 heteroatoms. The SMILES string of the molecule is CCc1ccccc1OCC(C)(C)NC(=O)[C@H]1[C@@H]2CN(C(=O)OC(C)(C)C)C[C@@H]21. The molecule has 1 aliphatic carbocycles. The monoisotopic (exact) mass is 402 g/mol. The van der Waals surface area contributed by atoms with Crippen LogP contribution >= 0.6 is 0 Å². The van der Waals surface area contributed by atoms with Crippen LogP contribution in [0.25, 0.3) is 0 Å². The number of carbonyl (C=O) groups excluding carboxylic acids is 2. The molecule has 29 heavy (non-hydrogen) atoms. The molecule has 3 rings (SSSR count). The van der Waals surface area contributed by atoms with E-state index in [2.05, 4.69) is 18.3 Å². The first-order chi connectivity index (χ1) is 13.5. The van der Waals surface area contributed by atoms with E-state index in [0.717, 1.165) is 17.7 Å². The van der Waals surface area contributed by atoms with Crippen LogP contribution in [0, 0.1) is 17.8 Å². The molecule has 2 aliphatic rings. The van der Waals surface area contributed by atoms with Gasteiger partial charge in [0, 0.05) is 19.0 Å². The standard InChI is InChI=1S/C23H34N2O4/c1-7-15-10-8-9-11-18(15)28-14-23(5,6)24-20(26)19-16-12-25(13-17(16)19)21(27)29-22(2,3)4/h8-11,16-17,19H,7,12-14H2,1-6H3,(H,24,26)/t16-,17+,19+. The first-order valence-corrected chi connectivity index (χ1v) is 10.5. The fourth-order valence-electron chi connectivity index (χ4n) is 4.04. The summed E-state index contributed by atoms with van der Waals surface area (Å²) in [5, 5.41) is 3.14. The fraction of sp³-hybridized carbons (Fsp3) is 0.652. The fourth-order valence-corrected chi connectivity index (χ4v) is 4.04. The minimum Gasteiger partial charge on any atom is -0.491 e. The van der Waals surface area contributed by atoms with Gasteiger partial charge in [0.1, 0.15) is 18.0 Å². The van der Waals surface area contributed by atoms with Gasteiger partial charge in [0.15, 0.2) is 0 Å². The molecule has 1 saturated carbocycles. The summed E-state index contributed by atoms with van der Waals surface area (Å²) in [4.78, 5) is 26.7. The Kier molecular flexibility index (Phi) is 5.84. The molecule has 160 valence electrons. The number of carbonyl (C=O) groups is 2. The van der Waals surface area contributed by atoms with Crippen molar-refractivity contribution < 1.29 is 19.1 Å². The van der Waals surface area contributed by atoms with E-state index in [1.165, 1.54) is 0 Å². The first kappa shape index (κ1) is 21.5. The van der Waals surface area contributed by atoms with Crippen LogP contribution in [0.3, 0.4) is 0 Å². The number of benzene rings is 1. The van der Waals surface area contributed by atoms with Gasteiger partial charge in [-0.3, -0.25) is 4.79 Å². The number of amides is 2. The van der Waals surface area contributed by atoms with E-state index in [1.807, 2.05) is 52.8 Å². The second-order valence-electron chi connectivity index (χ2n) is 9.86. The van der Waals surface area contributed by atoms with E-state index in [4.69, 9.17) is 9.47 Å². The smallest absolute Gasteiger partial charge is 0.410 e. The largest absolute Gasteiger partial charge is 0.491 e. The van der Waals surface area contributed by atoms with Crippen LogP contribution in [0.15, 0.2) is 24.3 Å². The normalized spacial score (nSPS) is 23.4. The number of para-hydroxylation sites is 1. The summed E-state index contributed by atoms with van der Waals surface area (Å²) in [5.74, 6) is 1.38. The minimum absolute atomic E-state index is 0.0177. The summed E-state index contributed by atoms with van der Waals surface area (Å²) in [6, 6.07) is 7.99. The Labute approximate surface area is 173 Å². The van der Waals surface area contributed by atoms with Gasteiger partial charge < -0.3 is 19.7 Å². The molecule has 0 aromatic heterocycles. The third-order valence-corrected chi connectivity index (χ3v) is 5.55. The Bertz CT molecular complexity index is 756. The van der Waals surface area contributed by atoms with Gasteiger partial charge in [-0.1, -0.05) is 25.1 Å². The zero-order valence-corrected chi connectivity index (χ0v) is 18.5. The maximum Gasteiger partial charge on any atom is 0.410 e. The second-order valence-corrected chi connectivity index (χ2v) is 9.86. The average molecular weight is 403 g/mol. The Balaban J connectivity index is 1.47. The van der Waals surface area contributed by atoms with E-state index < -0.39 is 11.1 Å². The van der Waals surface area contributed by atoms with E-state index in [-0.39, 0.29) is 29.8 Å². The van der Waals surface area contributed by atoms with Crippen molar-refractivity contribution in [2.75, 3.05) is 19.7 Å². The summed E-state index contributed by atoms with van der Waals surface area (Å²) < 4.78 is 11.4. The van der Waals surface area contributed by atoms with Gasteiger partial charge in [-0.2, -0.15) is 0 Å². The lowest BCUT2D eigenvalue weighted by atomic mass is 10.1. The summed E-state index contributed by atoms with van der Waals surface area (Å²) >= 11 is 0. The van der Waals surface area contributed by atoms with Crippen molar-refractivity contribution in [1.82, 2.24) is 10.2 Å². The summed E-state index contributed by atoms with van der Waals surface area (Å²) in [7, 11) is 0. The van der Waals surface area contributed by atoms with Crippen molar-refractivity contribution in [3.63, 3.8) is 0 Å². The van der Waals surface area contributed by atoms with Gasteiger partial charge in [0.25, 0.3) is 0 Å². The molecule has 0 bridgehead atoms. The molecular weight excluding hydrogens is 368 g/mol. The van der Waals surface area contributed by atoms with E-state index in [1.54, 1.807) is 4.90 Å². The maximum absolute atomic E-state index is 12.8. The number of nitrogens with one attached hydrogen (secondary N) is 1. The highest BCUT2D eigenvalue weighted by Crippen LogP contribution is 2.52. The lowest BCUT2D eigenvalue weighted by Crippen LogP contribution is -2.49. The molecule has 0 spiro atoms. The molecule has 6 nitrogen and oxygen atoms in total. The molecule has 2 amide bonds. The molecular formula is C23H34N2O4. The van der Waals surface area contributed by atoms with Gasteiger partial charge in [0.2, 0.25) is 5.91 Å². The van der Waals surface area contributed by atoms with Gasteiger partial charge in [-0.25, -0.2) is 4.79 Å². The van der Waals surface area contributed by atoms with Crippen molar-refractivity contribution in [2.24, 2.45) is 17.8 Å². The number of hydrogen-bond acceptors (Lipinski definition) is 4. The average Bonchev–Trinajstić information content (AvgIpc) is 3.13. The molecule has 1 aliphatic heterocycles. The van der Waals surface area contributed by atoms with Gasteiger partial charge >= 0.3 is 6.09 Å². The van der Waals surface area contributed by atoms with Gasteiger partial charge in [-0.15, -0.1) is 0 Å². The van der Waals surface area contributed by atoms with Gasteiger partial charge in [0.05, 0.1) is 5.54 Å². The quantitative estimate of drug-likeness (QED) is 0.789. The van der Waals surface area contributed by atoms with Crippen molar-refractivity contribution >= 4 is 12.0 Å².